The summed E-state index contributed by atoms with van der Waals surface area (Å²) in [6, 6.07) is 0. The highest BCUT2D eigenvalue weighted by Gasteiger charge is 2.45. The molecule has 4 nitrogen and oxygen atoms in total. The first-order valence-electron chi connectivity index (χ1n) is 3.88. The Morgan fingerprint density at radius 1 is 1.54 bits per heavy atom. The summed E-state index contributed by atoms with van der Waals surface area (Å²) < 4.78 is 0. The quantitative estimate of drug-likeness (QED) is 0.293. The predicted octanol–water partition coefficient (Wildman–Crippen LogP) is 1.49. The van der Waals surface area contributed by atoms with Crippen molar-refractivity contribution in [3.05, 3.63) is 33.5 Å². The van der Waals surface area contributed by atoms with Gasteiger partial charge in [0.2, 0.25) is 0 Å². The molecule has 2 unspecified atom stereocenters. The van der Waals surface area contributed by atoms with Crippen LogP contribution in [-0.2, 0) is 4.79 Å². The molecule has 2 bridgehead atoms. The van der Waals surface area contributed by atoms with E-state index in [0.29, 0.717) is 6.42 Å². The first kappa shape index (κ1) is 8.44. The van der Waals surface area contributed by atoms with E-state index in [2.05, 4.69) is 0 Å². The van der Waals surface area contributed by atoms with Crippen LogP contribution in [0.25, 0.3) is 0 Å². The van der Waals surface area contributed by atoms with Crippen LogP contribution >= 0.6 is 11.6 Å². The van der Waals surface area contributed by atoms with Gasteiger partial charge in [0.1, 0.15) is 0 Å². The lowest BCUT2D eigenvalue weighted by molar-refractivity contribution is -0.431. The Labute approximate surface area is 79.0 Å². The molecule has 0 aromatic rings. The molecule has 0 saturated heterocycles. The zero-order valence-corrected chi connectivity index (χ0v) is 7.32. The summed E-state index contributed by atoms with van der Waals surface area (Å²) in [7, 11) is 0. The first-order chi connectivity index (χ1) is 6.11. The Morgan fingerprint density at radius 2 is 2.15 bits per heavy atom. The SMILES string of the molecule is O=C(Cl)C1=C([N+](=O)[O-])C2C=CC1C2. The number of nitro groups is 1. The highest BCUT2D eigenvalue weighted by atomic mass is 35.5. The average Bonchev–Trinajstić information content (AvgIpc) is 2.60. The second kappa shape index (κ2) is 2.67. The molecule has 0 saturated carbocycles. The standard InChI is InChI=1S/C8H6ClNO3/c9-8(11)6-4-1-2-5(3-4)7(6)10(12)13/h1-2,4-5H,3H2. The molecular weight excluding hydrogens is 194 g/mol. The van der Waals surface area contributed by atoms with Crippen molar-refractivity contribution in [2.75, 3.05) is 0 Å². The second-order valence-electron chi connectivity index (χ2n) is 3.16. The third-order valence-corrected chi connectivity index (χ3v) is 2.69. The average molecular weight is 200 g/mol. The van der Waals surface area contributed by atoms with Crippen LogP contribution in [0.4, 0.5) is 0 Å². The van der Waals surface area contributed by atoms with Crippen LogP contribution in [-0.4, -0.2) is 10.2 Å². The summed E-state index contributed by atoms with van der Waals surface area (Å²) in [5.41, 5.74) is 0.173. The van der Waals surface area contributed by atoms with E-state index in [1.165, 1.54) is 0 Å². The van der Waals surface area contributed by atoms with Crippen molar-refractivity contribution in [3.63, 3.8) is 0 Å². The van der Waals surface area contributed by atoms with Crippen molar-refractivity contribution in [1.82, 2.24) is 0 Å². The molecule has 2 atom stereocenters. The van der Waals surface area contributed by atoms with Gasteiger partial charge in [0.15, 0.2) is 0 Å². The Morgan fingerprint density at radius 3 is 2.62 bits per heavy atom. The Kier molecular flexibility index (Phi) is 1.73. The maximum absolute atomic E-state index is 10.9. The fourth-order valence-electron chi connectivity index (χ4n) is 1.99. The van der Waals surface area contributed by atoms with E-state index < -0.39 is 10.2 Å². The van der Waals surface area contributed by atoms with E-state index in [-0.39, 0.29) is 23.1 Å². The molecule has 2 rings (SSSR count). The van der Waals surface area contributed by atoms with Crippen LogP contribution in [0.1, 0.15) is 6.42 Å². The van der Waals surface area contributed by atoms with Crippen LogP contribution in [0.3, 0.4) is 0 Å². The number of rotatable bonds is 2. The van der Waals surface area contributed by atoms with Crippen LogP contribution in [0.2, 0.25) is 0 Å². The van der Waals surface area contributed by atoms with Gasteiger partial charge in [0, 0.05) is 5.92 Å². The van der Waals surface area contributed by atoms with Crippen LogP contribution in [0.15, 0.2) is 23.4 Å². The lowest BCUT2D eigenvalue weighted by Gasteiger charge is -2.04. The number of nitrogens with zero attached hydrogens (tertiary/aromatic N) is 1. The summed E-state index contributed by atoms with van der Waals surface area (Å²) in [4.78, 5) is 21.0. The number of hydrogen-bond acceptors (Lipinski definition) is 3. The Balaban J connectivity index is 2.48. The zero-order chi connectivity index (χ0) is 9.59. The maximum Gasteiger partial charge on any atom is 0.261 e. The molecule has 0 heterocycles. The van der Waals surface area contributed by atoms with E-state index in [1.807, 2.05) is 6.08 Å². The number of carbonyl (C=O) groups is 1. The number of hydrogen-bond donors (Lipinski definition) is 0. The molecule has 0 fully saturated rings. The predicted molar refractivity (Wildman–Crippen MR) is 45.6 cm³/mol. The van der Waals surface area contributed by atoms with Gasteiger partial charge in [-0.3, -0.25) is 14.9 Å². The van der Waals surface area contributed by atoms with Crippen molar-refractivity contribution >= 4 is 16.8 Å². The minimum absolute atomic E-state index is 0.00694. The minimum Gasteiger partial charge on any atom is -0.276 e. The maximum atomic E-state index is 10.9. The molecule has 0 radical (unpaired) electrons. The third kappa shape index (κ3) is 1.09. The molecule has 68 valence electrons. The smallest absolute Gasteiger partial charge is 0.261 e. The van der Waals surface area contributed by atoms with Gasteiger partial charge >= 0.3 is 0 Å². The summed E-state index contributed by atoms with van der Waals surface area (Å²) in [5, 5.41) is 9.92. The minimum atomic E-state index is -0.691. The largest absolute Gasteiger partial charge is 0.276 e. The van der Waals surface area contributed by atoms with Gasteiger partial charge in [-0.25, -0.2) is 0 Å². The Bertz CT molecular complexity index is 326. The lowest BCUT2D eigenvalue weighted by atomic mass is 10.0. The van der Waals surface area contributed by atoms with Gasteiger partial charge in [-0.2, -0.15) is 0 Å². The molecule has 0 aromatic carbocycles. The zero-order valence-electron chi connectivity index (χ0n) is 6.57. The molecule has 2 aliphatic rings. The molecule has 0 amide bonds. The van der Waals surface area contributed by atoms with Crippen molar-refractivity contribution < 1.29 is 9.72 Å². The molecule has 0 N–H and O–H groups in total. The van der Waals surface area contributed by atoms with E-state index in [4.69, 9.17) is 11.6 Å². The van der Waals surface area contributed by atoms with Gasteiger partial charge in [-0.15, -0.1) is 0 Å². The summed E-state index contributed by atoms with van der Waals surface area (Å²) >= 11 is 5.28. The monoisotopic (exact) mass is 199 g/mol. The number of allylic oxidation sites excluding steroid dienone is 3. The van der Waals surface area contributed by atoms with E-state index in [9.17, 15) is 14.9 Å². The number of fused-ring (bicyclic) bond motifs is 2. The number of carbonyl (C=O) groups excluding carboxylic acids is 1. The summed E-state index contributed by atoms with van der Waals surface area (Å²) in [5.74, 6) is -0.340. The van der Waals surface area contributed by atoms with Crippen LogP contribution in [0.5, 0.6) is 0 Å². The van der Waals surface area contributed by atoms with Gasteiger partial charge in [0.05, 0.1) is 16.4 Å². The molecule has 2 aliphatic carbocycles. The third-order valence-electron chi connectivity index (χ3n) is 2.49. The summed E-state index contributed by atoms with van der Waals surface area (Å²) in [6.45, 7) is 0. The fraction of sp³-hybridized carbons (Fsp3) is 0.375. The fourth-order valence-corrected chi connectivity index (χ4v) is 2.22. The molecular formula is C8H6ClNO3. The van der Waals surface area contributed by atoms with Gasteiger partial charge in [-0.1, -0.05) is 12.2 Å². The highest BCUT2D eigenvalue weighted by molar-refractivity contribution is 6.67. The van der Waals surface area contributed by atoms with Crippen molar-refractivity contribution in [2.24, 2.45) is 11.8 Å². The highest BCUT2D eigenvalue weighted by Crippen LogP contribution is 2.44. The Hall–Kier alpha value is -1.16. The summed E-state index contributed by atoms with van der Waals surface area (Å²) in [6.07, 6.45) is 4.21. The first-order valence-corrected chi connectivity index (χ1v) is 4.25. The molecule has 0 aliphatic heterocycles. The molecule has 13 heavy (non-hydrogen) atoms. The van der Waals surface area contributed by atoms with E-state index in [0.717, 1.165) is 0 Å². The molecule has 5 heteroatoms. The van der Waals surface area contributed by atoms with Gasteiger partial charge in [0.25, 0.3) is 10.9 Å². The van der Waals surface area contributed by atoms with Crippen molar-refractivity contribution in [3.8, 4) is 0 Å². The normalized spacial score (nSPS) is 29.9. The van der Waals surface area contributed by atoms with Gasteiger partial charge in [-0.05, 0) is 18.0 Å². The molecule has 0 aromatic heterocycles. The van der Waals surface area contributed by atoms with E-state index >= 15 is 0 Å². The van der Waals surface area contributed by atoms with Crippen molar-refractivity contribution in [2.45, 2.75) is 6.42 Å². The second-order valence-corrected chi connectivity index (χ2v) is 3.51. The van der Waals surface area contributed by atoms with E-state index in [1.54, 1.807) is 6.08 Å². The van der Waals surface area contributed by atoms with Crippen LogP contribution < -0.4 is 0 Å². The molecule has 0 spiro atoms. The lowest BCUT2D eigenvalue weighted by Crippen LogP contribution is -2.11. The van der Waals surface area contributed by atoms with Gasteiger partial charge < -0.3 is 0 Å². The van der Waals surface area contributed by atoms with Crippen LogP contribution in [0, 0.1) is 22.0 Å². The number of halogens is 1. The van der Waals surface area contributed by atoms with Crippen molar-refractivity contribution in [1.29, 1.82) is 0 Å². The topological polar surface area (TPSA) is 60.2 Å².